The fourth-order valence-electron chi connectivity index (χ4n) is 4.30. The molecule has 0 radical (unpaired) electrons. The van der Waals surface area contributed by atoms with Crippen LogP contribution in [-0.2, 0) is 9.59 Å². The number of carbonyl (C=O) groups is 2. The van der Waals surface area contributed by atoms with Crippen LogP contribution >= 0.6 is 0 Å². The molecular weight excluding hydrogens is 304 g/mol. The monoisotopic (exact) mass is 330 g/mol. The second-order valence-corrected chi connectivity index (χ2v) is 7.43. The lowest BCUT2D eigenvalue weighted by Crippen LogP contribution is -2.46. The topological polar surface area (TPSA) is 53.8 Å². The van der Waals surface area contributed by atoms with Crippen molar-refractivity contribution in [3.8, 4) is 0 Å². The number of rotatable bonds is 3. The van der Waals surface area contributed by atoms with E-state index in [2.05, 4.69) is 0 Å². The van der Waals surface area contributed by atoms with Crippen LogP contribution in [0.1, 0.15) is 56.7 Å². The lowest BCUT2D eigenvalue weighted by atomic mass is 9.83. The van der Waals surface area contributed by atoms with Crippen LogP contribution < -0.4 is 0 Å². The molecule has 1 saturated carbocycles. The van der Waals surface area contributed by atoms with Crippen LogP contribution in [0.25, 0.3) is 0 Å². The number of nitrogens with zero attached hydrogens (tertiary/aromatic N) is 2. The summed E-state index contributed by atoms with van der Waals surface area (Å²) >= 11 is 0. The molecule has 0 N–H and O–H groups in total. The van der Waals surface area contributed by atoms with Crippen molar-refractivity contribution < 1.29 is 14.0 Å². The average Bonchev–Trinajstić information content (AvgIpc) is 3.23. The number of hydrogen-bond donors (Lipinski definition) is 0. The summed E-state index contributed by atoms with van der Waals surface area (Å²) in [6.07, 6.45) is 8.60. The van der Waals surface area contributed by atoms with Crippen molar-refractivity contribution in [2.75, 3.05) is 19.6 Å². The van der Waals surface area contributed by atoms with Crippen molar-refractivity contribution in [2.24, 2.45) is 11.8 Å². The van der Waals surface area contributed by atoms with E-state index in [1.165, 1.54) is 6.42 Å². The van der Waals surface area contributed by atoms with Gasteiger partial charge in [-0.15, -0.1) is 0 Å². The Morgan fingerprint density at radius 3 is 2.29 bits per heavy atom. The Morgan fingerprint density at radius 1 is 0.917 bits per heavy atom. The van der Waals surface area contributed by atoms with Gasteiger partial charge in [0.2, 0.25) is 11.8 Å². The Labute approximate surface area is 143 Å². The van der Waals surface area contributed by atoms with Gasteiger partial charge in [0.15, 0.2) is 0 Å². The molecule has 1 aliphatic carbocycles. The maximum Gasteiger partial charge on any atom is 0.226 e. The second kappa shape index (κ2) is 6.61. The summed E-state index contributed by atoms with van der Waals surface area (Å²) in [5, 5.41) is 0. The van der Waals surface area contributed by atoms with Crippen LogP contribution in [0.15, 0.2) is 22.8 Å². The van der Waals surface area contributed by atoms with E-state index in [-0.39, 0.29) is 23.8 Å². The molecule has 0 spiro atoms. The SMILES string of the molecule is O=C(C1CCC1)N1CCC(C(=O)N2CCC[C@H]2c2ccco2)CC1. The average molecular weight is 330 g/mol. The summed E-state index contributed by atoms with van der Waals surface area (Å²) in [7, 11) is 0. The fraction of sp³-hybridized carbons (Fsp3) is 0.684. The van der Waals surface area contributed by atoms with Crippen molar-refractivity contribution >= 4 is 11.8 Å². The van der Waals surface area contributed by atoms with Crippen molar-refractivity contribution in [3.63, 3.8) is 0 Å². The van der Waals surface area contributed by atoms with E-state index >= 15 is 0 Å². The molecule has 4 rings (SSSR count). The molecule has 0 bridgehead atoms. The Kier molecular flexibility index (Phi) is 4.33. The molecule has 1 aromatic rings. The summed E-state index contributed by atoms with van der Waals surface area (Å²) < 4.78 is 5.53. The van der Waals surface area contributed by atoms with E-state index in [0.717, 1.165) is 63.9 Å². The van der Waals surface area contributed by atoms with E-state index in [0.29, 0.717) is 5.91 Å². The first-order valence-corrected chi connectivity index (χ1v) is 9.36. The van der Waals surface area contributed by atoms with Gasteiger partial charge in [0.1, 0.15) is 5.76 Å². The molecule has 24 heavy (non-hydrogen) atoms. The van der Waals surface area contributed by atoms with Crippen LogP contribution in [-0.4, -0.2) is 41.2 Å². The number of carbonyl (C=O) groups excluding carboxylic acids is 2. The summed E-state index contributed by atoms with van der Waals surface area (Å²) in [6.45, 7) is 2.31. The molecule has 5 heteroatoms. The van der Waals surface area contributed by atoms with Gasteiger partial charge >= 0.3 is 0 Å². The number of furan rings is 1. The Morgan fingerprint density at radius 2 is 1.67 bits per heavy atom. The Balaban J connectivity index is 1.35. The second-order valence-electron chi connectivity index (χ2n) is 7.43. The van der Waals surface area contributed by atoms with Gasteiger partial charge in [0.05, 0.1) is 12.3 Å². The largest absolute Gasteiger partial charge is 0.467 e. The summed E-state index contributed by atoms with van der Waals surface area (Å²) in [6, 6.07) is 3.96. The third-order valence-corrected chi connectivity index (χ3v) is 6.02. The zero-order chi connectivity index (χ0) is 16.5. The van der Waals surface area contributed by atoms with E-state index in [1.807, 2.05) is 21.9 Å². The third-order valence-electron chi connectivity index (χ3n) is 6.02. The molecule has 3 aliphatic rings. The first-order chi connectivity index (χ1) is 11.7. The number of amides is 2. The van der Waals surface area contributed by atoms with E-state index in [9.17, 15) is 9.59 Å². The highest BCUT2D eigenvalue weighted by Gasteiger charge is 2.38. The van der Waals surface area contributed by atoms with Gasteiger partial charge in [-0.2, -0.15) is 0 Å². The lowest BCUT2D eigenvalue weighted by Gasteiger charge is -2.37. The van der Waals surface area contributed by atoms with Crippen molar-refractivity contribution in [1.82, 2.24) is 9.80 Å². The standard InChI is InChI=1S/C19H26N2O3/c22-18(14-4-1-5-14)20-11-8-15(9-12-20)19(23)21-10-2-6-16(21)17-7-3-13-24-17/h3,7,13-16H,1-2,4-6,8-12H2/t16-/m0/s1. The van der Waals surface area contributed by atoms with Crippen molar-refractivity contribution in [3.05, 3.63) is 24.2 Å². The van der Waals surface area contributed by atoms with E-state index in [1.54, 1.807) is 6.26 Å². The van der Waals surface area contributed by atoms with Gasteiger partial charge in [-0.1, -0.05) is 6.42 Å². The minimum atomic E-state index is 0.0611. The van der Waals surface area contributed by atoms with Crippen LogP contribution in [0.5, 0.6) is 0 Å². The molecule has 2 amide bonds. The molecule has 1 atom stereocenters. The molecule has 0 unspecified atom stereocenters. The summed E-state index contributed by atoms with van der Waals surface area (Å²) in [5.74, 6) is 1.80. The highest BCUT2D eigenvalue weighted by Crippen LogP contribution is 2.35. The molecule has 1 aromatic heterocycles. The van der Waals surface area contributed by atoms with Gasteiger partial charge in [0.25, 0.3) is 0 Å². The molecule has 2 saturated heterocycles. The Bertz CT molecular complexity index is 586. The smallest absolute Gasteiger partial charge is 0.226 e. The van der Waals surface area contributed by atoms with Crippen LogP contribution in [0.4, 0.5) is 0 Å². The lowest BCUT2D eigenvalue weighted by molar-refractivity contribution is -0.144. The molecule has 2 aliphatic heterocycles. The highest BCUT2D eigenvalue weighted by molar-refractivity contribution is 5.82. The van der Waals surface area contributed by atoms with Gasteiger partial charge < -0.3 is 14.2 Å². The minimum Gasteiger partial charge on any atom is -0.467 e. The zero-order valence-corrected chi connectivity index (χ0v) is 14.2. The maximum absolute atomic E-state index is 13.0. The van der Waals surface area contributed by atoms with E-state index in [4.69, 9.17) is 4.42 Å². The third kappa shape index (κ3) is 2.85. The van der Waals surface area contributed by atoms with Crippen LogP contribution in [0.3, 0.4) is 0 Å². The molecule has 130 valence electrons. The van der Waals surface area contributed by atoms with Crippen molar-refractivity contribution in [1.29, 1.82) is 0 Å². The molecular formula is C19H26N2O3. The van der Waals surface area contributed by atoms with Crippen LogP contribution in [0, 0.1) is 11.8 Å². The predicted molar refractivity (Wildman–Crippen MR) is 89.0 cm³/mol. The first-order valence-electron chi connectivity index (χ1n) is 9.36. The predicted octanol–water partition coefficient (Wildman–Crippen LogP) is 2.98. The molecule has 3 heterocycles. The highest BCUT2D eigenvalue weighted by atomic mass is 16.3. The van der Waals surface area contributed by atoms with Gasteiger partial charge in [-0.05, 0) is 50.7 Å². The minimum absolute atomic E-state index is 0.0611. The normalized spacial score (nSPS) is 25.8. The summed E-state index contributed by atoms with van der Waals surface area (Å²) in [5.41, 5.74) is 0. The molecule has 5 nitrogen and oxygen atoms in total. The van der Waals surface area contributed by atoms with Gasteiger partial charge in [0, 0.05) is 31.5 Å². The molecule has 3 fully saturated rings. The van der Waals surface area contributed by atoms with Crippen LogP contribution in [0.2, 0.25) is 0 Å². The summed E-state index contributed by atoms with van der Waals surface area (Å²) in [4.78, 5) is 29.3. The Hall–Kier alpha value is -1.78. The van der Waals surface area contributed by atoms with Crippen molar-refractivity contribution in [2.45, 2.75) is 51.0 Å². The number of hydrogen-bond acceptors (Lipinski definition) is 3. The van der Waals surface area contributed by atoms with E-state index < -0.39 is 0 Å². The van der Waals surface area contributed by atoms with Gasteiger partial charge in [-0.3, -0.25) is 9.59 Å². The number of piperidine rings is 1. The first kappa shape index (κ1) is 15.7. The fourth-order valence-corrected chi connectivity index (χ4v) is 4.30. The van der Waals surface area contributed by atoms with Gasteiger partial charge in [-0.25, -0.2) is 0 Å². The number of likely N-dealkylation sites (tertiary alicyclic amines) is 2. The maximum atomic E-state index is 13.0. The zero-order valence-electron chi connectivity index (χ0n) is 14.2. The quantitative estimate of drug-likeness (QED) is 0.856. The molecule has 0 aromatic carbocycles.